The van der Waals surface area contributed by atoms with E-state index in [2.05, 4.69) is 0 Å². The maximum atomic E-state index is 11.9. The van der Waals surface area contributed by atoms with Crippen molar-refractivity contribution in [1.29, 1.82) is 0 Å². The van der Waals surface area contributed by atoms with Crippen LogP contribution >= 0.6 is 0 Å². The number of esters is 1. The standard InChI is InChI=1S/C17H26O6S/c1-14-7-9-15(10-8-14)24(19,20)22-12-6-5-11-21-13-16(18)23-17(2,3)4/h7-10H,5-6,11-13H2,1-4H3. The van der Waals surface area contributed by atoms with Gasteiger partial charge in [-0.2, -0.15) is 8.42 Å². The number of carbonyl (C=O) groups is 1. The summed E-state index contributed by atoms with van der Waals surface area (Å²) in [7, 11) is -3.72. The van der Waals surface area contributed by atoms with Gasteiger partial charge in [0.05, 0.1) is 11.5 Å². The highest BCUT2D eigenvalue weighted by Crippen LogP contribution is 2.13. The molecule has 0 radical (unpaired) electrons. The van der Waals surface area contributed by atoms with Gasteiger partial charge in [-0.05, 0) is 52.7 Å². The molecule has 0 amide bonds. The first-order valence-corrected chi connectivity index (χ1v) is 9.27. The largest absolute Gasteiger partial charge is 0.458 e. The number of rotatable bonds is 9. The van der Waals surface area contributed by atoms with E-state index in [9.17, 15) is 13.2 Å². The van der Waals surface area contributed by atoms with Crippen molar-refractivity contribution in [1.82, 2.24) is 0 Å². The fourth-order valence-corrected chi connectivity index (χ4v) is 2.72. The molecule has 136 valence electrons. The van der Waals surface area contributed by atoms with Crippen LogP contribution in [0.1, 0.15) is 39.2 Å². The van der Waals surface area contributed by atoms with Gasteiger partial charge in [0.2, 0.25) is 0 Å². The van der Waals surface area contributed by atoms with E-state index < -0.39 is 21.7 Å². The summed E-state index contributed by atoms with van der Waals surface area (Å²) < 4.78 is 39.1. The average molecular weight is 358 g/mol. The number of benzene rings is 1. The SMILES string of the molecule is Cc1ccc(S(=O)(=O)OCCCCOCC(=O)OC(C)(C)C)cc1. The van der Waals surface area contributed by atoms with E-state index in [1.165, 1.54) is 12.1 Å². The van der Waals surface area contributed by atoms with Crippen molar-refractivity contribution in [2.45, 2.75) is 51.0 Å². The zero-order chi connectivity index (χ0) is 18.2. The van der Waals surface area contributed by atoms with Crippen molar-refractivity contribution in [2.24, 2.45) is 0 Å². The van der Waals surface area contributed by atoms with Gasteiger partial charge < -0.3 is 9.47 Å². The van der Waals surface area contributed by atoms with Gasteiger partial charge in [0.1, 0.15) is 12.2 Å². The predicted molar refractivity (Wildman–Crippen MR) is 90.2 cm³/mol. The van der Waals surface area contributed by atoms with Crippen molar-refractivity contribution in [3.8, 4) is 0 Å². The second-order valence-corrected chi connectivity index (χ2v) is 8.05. The van der Waals surface area contributed by atoms with Crippen LogP contribution in [-0.4, -0.2) is 39.8 Å². The number of carbonyl (C=O) groups excluding carboxylic acids is 1. The van der Waals surface area contributed by atoms with E-state index in [4.69, 9.17) is 13.7 Å². The highest BCUT2D eigenvalue weighted by atomic mass is 32.2. The zero-order valence-corrected chi connectivity index (χ0v) is 15.5. The molecular formula is C17H26O6S. The first-order valence-electron chi connectivity index (χ1n) is 7.86. The Morgan fingerprint density at radius 3 is 2.21 bits per heavy atom. The molecule has 0 saturated carbocycles. The summed E-state index contributed by atoms with van der Waals surface area (Å²) >= 11 is 0. The van der Waals surface area contributed by atoms with Gasteiger partial charge in [-0.1, -0.05) is 17.7 Å². The first kappa shape index (κ1) is 20.6. The molecule has 0 aliphatic rings. The van der Waals surface area contributed by atoms with Crippen molar-refractivity contribution in [3.05, 3.63) is 29.8 Å². The Morgan fingerprint density at radius 2 is 1.62 bits per heavy atom. The van der Waals surface area contributed by atoms with E-state index in [0.717, 1.165) is 5.56 Å². The van der Waals surface area contributed by atoms with Gasteiger partial charge in [0.15, 0.2) is 0 Å². The maximum Gasteiger partial charge on any atom is 0.332 e. The second kappa shape index (κ2) is 9.15. The van der Waals surface area contributed by atoms with Crippen LogP contribution in [0.5, 0.6) is 0 Å². The number of ether oxygens (including phenoxy) is 2. The lowest BCUT2D eigenvalue weighted by Crippen LogP contribution is -2.26. The molecule has 0 heterocycles. The van der Waals surface area contributed by atoms with Gasteiger partial charge in [-0.25, -0.2) is 4.79 Å². The third-order valence-electron chi connectivity index (χ3n) is 2.87. The van der Waals surface area contributed by atoms with Gasteiger partial charge in [0.25, 0.3) is 10.1 Å². The Kier molecular flexibility index (Phi) is 7.86. The summed E-state index contributed by atoms with van der Waals surface area (Å²) in [6.07, 6.45) is 1.10. The Labute approximate surface area is 144 Å². The molecule has 0 aliphatic heterocycles. The molecule has 24 heavy (non-hydrogen) atoms. The van der Waals surface area contributed by atoms with Gasteiger partial charge in [-0.3, -0.25) is 4.18 Å². The van der Waals surface area contributed by atoms with E-state index in [1.54, 1.807) is 32.9 Å². The summed E-state index contributed by atoms with van der Waals surface area (Å²) in [6.45, 7) is 7.55. The summed E-state index contributed by atoms with van der Waals surface area (Å²) in [5, 5.41) is 0. The van der Waals surface area contributed by atoms with Crippen molar-refractivity contribution in [3.63, 3.8) is 0 Å². The maximum absolute atomic E-state index is 11.9. The van der Waals surface area contributed by atoms with Crippen LogP contribution in [-0.2, 0) is 28.6 Å². The highest BCUT2D eigenvalue weighted by Gasteiger charge is 2.16. The van der Waals surface area contributed by atoms with Crippen LogP contribution in [0, 0.1) is 6.92 Å². The summed E-state index contributed by atoms with van der Waals surface area (Å²) in [4.78, 5) is 11.6. The third-order valence-corrected chi connectivity index (χ3v) is 4.20. The predicted octanol–water partition coefficient (Wildman–Crippen LogP) is 2.84. The van der Waals surface area contributed by atoms with Crippen LogP contribution in [0.15, 0.2) is 29.2 Å². The summed E-state index contributed by atoms with van der Waals surface area (Å²) in [5.74, 6) is -0.416. The minimum Gasteiger partial charge on any atom is -0.458 e. The lowest BCUT2D eigenvalue weighted by Gasteiger charge is -2.19. The number of aryl methyl sites for hydroxylation is 1. The van der Waals surface area contributed by atoms with Crippen LogP contribution in [0.2, 0.25) is 0 Å². The zero-order valence-electron chi connectivity index (χ0n) is 14.7. The van der Waals surface area contributed by atoms with Gasteiger partial charge >= 0.3 is 5.97 Å². The lowest BCUT2D eigenvalue weighted by atomic mass is 10.2. The minimum absolute atomic E-state index is 0.0754. The molecule has 1 aromatic rings. The van der Waals surface area contributed by atoms with Crippen molar-refractivity contribution in [2.75, 3.05) is 19.8 Å². The molecule has 0 spiro atoms. The van der Waals surface area contributed by atoms with E-state index in [0.29, 0.717) is 19.4 Å². The molecule has 0 aromatic heterocycles. The summed E-state index contributed by atoms with van der Waals surface area (Å²) in [6, 6.07) is 6.49. The smallest absolute Gasteiger partial charge is 0.332 e. The molecule has 0 aliphatic carbocycles. The molecule has 6 nitrogen and oxygen atoms in total. The van der Waals surface area contributed by atoms with Crippen LogP contribution in [0.4, 0.5) is 0 Å². The van der Waals surface area contributed by atoms with Crippen LogP contribution in [0.25, 0.3) is 0 Å². The molecule has 0 N–H and O–H groups in total. The van der Waals surface area contributed by atoms with E-state index in [-0.39, 0.29) is 18.1 Å². The van der Waals surface area contributed by atoms with Gasteiger partial charge in [0, 0.05) is 6.61 Å². The molecule has 0 atom stereocenters. The molecule has 0 unspecified atom stereocenters. The van der Waals surface area contributed by atoms with Crippen molar-refractivity contribution < 1.29 is 26.9 Å². The highest BCUT2D eigenvalue weighted by molar-refractivity contribution is 7.86. The Bertz CT molecular complexity index is 613. The number of unbranched alkanes of at least 4 members (excludes halogenated alkanes) is 1. The van der Waals surface area contributed by atoms with Crippen LogP contribution in [0.3, 0.4) is 0 Å². The monoisotopic (exact) mass is 358 g/mol. The van der Waals surface area contributed by atoms with Crippen molar-refractivity contribution >= 4 is 16.1 Å². The average Bonchev–Trinajstić information content (AvgIpc) is 2.44. The summed E-state index contributed by atoms with van der Waals surface area (Å²) in [5.41, 5.74) is 0.453. The van der Waals surface area contributed by atoms with Gasteiger partial charge in [-0.15, -0.1) is 0 Å². The molecule has 1 rings (SSSR count). The quantitative estimate of drug-likeness (QED) is 0.384. The minimum atomic E-state index is -3.72. The molecular weight excluding hydrogens is 332 g/mol. The first-order chi connectivity index (χ1) is 11.1. The van der Waals surface area contributed by atoms with E-state index in [1.807, 2.05) is 6.92 Å². The Balaban J connectivity index is 2.18. The molecule has 0 saturated heterocycles. The number of hydrogen-bond donors (Lipinski definition) is 0. The molecule has 1 aromatic carbocycles. The Morgan fingerprint density at radius 1 is 1.04 bits per heavy atom. The fourth-order valence-electron chi connectivity index (χ4n) is 1.77. The third kappa shape index (κ3) is 8.42. The lowest BCUT2D eigenvalue weighted by molar-refractivity contribution is -0.160. The topological polar surface area (TPSA) is 78.9 Å². The molecule has 0 fully saturated rings. The normalized spacial score (nSPS) is 12.2. The fraction of sp³-hybridized carbons (Fsp3) is 0.588. The second-order valence-electron chi connectivity index (χ2n) is 6.44. The number of hydrogen-bond acceptors (Lipinski definition) is 6. The molecule has 7 heteroatoms. The molecule has 0 bridgehead atoms. The van der Waals surface area contributed by atoms with Crippen LogP contribution < -0.4 is 0 Å². The van der Waals surface area contributed by atoms with E-state index >= 15 is 0 Å². The Hall–Kier alpha value is -1.44.